The van der Waals surface area contributed by atoms with Crippen molar-refractivity contribution in [2.45, 2.75) is 44.8 Å². The number of anilines is 1. The lowest BCUT2D eigenvalue weighted by molar-refractivity contribution is 0.0601. The Balaban J connectivity index is 2.14. The van der Waals surface area contributed by atoms with Gasteiger partial charge in [-0.2, -0.15) is 0 Å². The molecule has 1 aromatic carbocycles. The van der Waals surface area contributed by atoms with Gasteiger partial charge in [-0.1, -0.05) is 11.6 Å². The van der Waals surface area contributed by atoms with Crippen LogP contribution in [-0.2, 0) is 9.47 Å². The largest absolute Gasteiger partial charge is 0.465 e. The molecule has 110 valence electrons. The highest BCUT2D eigenvalue weighted by atomic mass is 16.5. The molecule has 1 aliphatic carbocycles. The number of carbonyl (C=O) groups is 1. The first-order chi connectivity index (χ1) is 9.63. The van der Waals surface area contributed by atoms with Gasteiger partial charge in [0, 0.05) is 18.8 Å². The van der Waals surface area contributed by atoms with E-state index in [1.54, 1.807) is 7.11 Å². The number of carbonyl (C=O) groups excluding carboxylic acids is 1. The molecule has 0 spiro atoms. The van der Waals surface area contributed by atoms with Crippen LogP contribution in [-0.4, -0.2) is 32.3 Å². The molecule has 1 aromatic rings. The Hall–Kier alpha value is -1.55. The topological polar surface area (TPSA) is 47.6 Å². The molecule has 0 heterocycles. The third-order valence-corrected chi connectivity index (χ3v) is 3.90. The van der Waals surface area contributed by atoms with Gasteiger partial charge in [0.05, 0.1) is 18.8 Å². The Bertz CT molecular complexity index is 473. The van der Waals surface area contributed by atoms with Crippen LogP contribution in [0.5, 0.6) is 0 Å². The molecule has 0 aliphatic heterocycles. The number of benzene rings is 1. The van der Waals surface area contributed by atoms with Crippen molar-refractivity contribution in [3.8, 4) is 0 Å². The van der Waals surface area contributed by atoms with Crippen LogP contribution in [0.15, 0.2) is 18.2 Å². The zero-order chi connectivity index (χ0) is 14.5. The summed E-state index contributed by atoms with van der Waals surface area (Å²) in [6, 6.07) is 6.17. The van der Waals surface area contributed by atoms with Gasteiger partial charge in [-0.05, 0) is 44.7 Å². The quantitative estimate of drug-likeness (QED) is 0.859. The summed E-state index contributed by atoms with van der Waals surface area (Å²) < 4.78 is 10.3. The van der Waals surface area contributed by atoms with Gasteiger partial charge < -0.3 is 14.8 Å². The Morgan fingerprint density at radius 3 is 2.80 bits per heavy atom. The van der Waals surface area contributed by atoms with E-state index in [1.165, 1.54) is 7.11 Å². The third kappa shape index (κ3) is 3.51. The highest BCUT2D eigenvalue weighted by Crippen LogP contribution is 2.26. The molecule has 1 N–H and O–H groups in total. The van der Waals surface area contributed by atoms with Crippen LogP contribution in [0, 0.1) is 6.92 Å². The standard InChI is InChI=1S/C16H23NO3/c1-11-7-8-15(14(9-11)16(18)20-3)17-12-5-4-6-13(10-12)19-2/h7-9,12-13,17H,4-6,10H2,1-3H3. The fourth-order valence-electron chi connectivity index (χ4n) is 2.77. The molecule has 2 atom stereocenters. The molecule has 4 heteroatoms. The van der Waals surface area contributed by atoms with Crippen LogP contribution < -0.4 is 5.32 Å². The van der Waals surface area contributed by atoms with Crippen molar-refractivity contribution >= 4 is 11.7 Å². The summed E-state index contributed by atoms with van der Waals surface area (Å²) in [5.74, 6) is -0.296. The molecule has 1 saturated carbocycles. The number of methoxy groups -OCH3 is 2. The van der Waals surface area contributed by atoms with Gasteiger partial charge in [0.25, 0.3) is 0 Å². The number of rotatable bonds is 4. The Kier molecular flexibility index (Phi) is 5.01. The first-order valence-corrected chi connectivity index (χ1v) is 7.12. The molecule has 20 heavy (non-hydrogen) atoms. The molecule has 1 aliphatic rings. The number of hydrogen-bond acceptors (Lipinski definition) is 4. The van der Waals surface area contributed by atoms with Gasteiger partial charge in [-0.15, -0.1) is 0 Å². The van der Waals surface area contributed by atoms with Gasteiger partial charge >= 0.3 is 5.97 Å². The van der Waals surface area contributed by atoms with Gasteiger partial charge in [-0.3, -0.25) is 0 Å². The van der Waals surface area contributed by atoms with E-state index >= 15 is 0 Å². The van der Waals surface area contributed by atoms with E-state index in [-0.39, 0.29) is 5.97 Å². The first-order valence-electron chi connectivity index (χ1n) is 7.12. The lowest BCUT2D eigenvalue weighted by Gasteiger charge is -2.30. The van der Waals surface area contributed by atoms with Crippen molar-refractivity contribution in [1.82, 2.24) is 0 Å². The minimum Gasteiger partial charge on any atom is -0.465 e. The summed E-state index contributed by atoms with van der Waals surface area (Å²) in [7, 11) is 3.18. The van der Waals surface area contributed by atoms with Crippen molar-refractivity contribution in [2.75, 3.05) is 19.5 Å². The molecular formula is C16H23NO3. The van der Waals surface area contributed by atoms with E-state index in [0.717, 1.165) is 36.9 Å². The second kappa shape index (κ2) is 6.75. The number of esters is 1. The van der Waals surface area contributed by atoms with Crippen LogP contribution in [0.2, 0.25) is 0 Å². The number of aryl methyl sites for hydroxylation is 1. The Labute approximate surface area is 120 Å². The maximum absolute atomic E-state index is 11.9. The zero-order valence-electron chi connectivity index (χ0n) is 12.4. The SMILES string of the molecule is COC(=O)c1cc(C)ccc1NC1CCCC(OC)C1. The van der Waals surface area contributed by atoms with Crippen LogP contribution in [0.4, 0.5) is 5.69 Å². The van der Waals surface area contributed by atoms with E-state index < -0.39 is 0 Å². The van der Waals surface area contributed by atoms with E-state index in [2.05, 4.69) is 5.32 Å². The van der Waals surface area contributed by atoms with Gasteiger partial charge in [0.1, 0.15) is 0 Å². The first kappa shape index (κ1) is 14.9. The summed E-state index contributed by atoms with van der Waals surface area (Å²) >= 11 is 0. The van der Waals surface area contributed by atoms with Gasteiger partial charge in [0.15, 0.2) is 0 Å². The smallest absolute Gasteiger partial charge is 0.339 e. The molecule has 0 radical (unpaired) electrons. The van der Waals surface area contributed by atoms with E-state index in [9.17, 15) is 4.79 Å². The number of hydrogen-bond donors (Lipinski definition) is 1. The normalized spacial score (nSPS) is 22.4. The predicted octanol–water partition coefficient (Wildman–Crippen LogP) is 3.15. The van der Waals surface area contributed by atoms with Crippen LogP contribution in [0.25, 0.3) is 0 Å². The van der Waals surface area contributed by atoms with Gasteiger partial charge in [-0.25, -0.2) is 4.79 Å². The molecular weight excluding hydrogens is 254 g/mol. The number of ether oxygens (including phenoxy) is 2. The highest BCUT2D eigenvalue weighted by molar-refractivity contribution is 5.95. The Morgan fingerprint density at radius 1 is 1.30 bits per heavy atom. The zero-order valence-corrected chi connectivity index (χ0v) is 12.4. The lowest BCUT2D eigenvalue weighted by Crippen LogP contribution is -2.31. The van der Waals surface area contributed by atoms with Crippen molar-refractivity contribution in [3.63, 3.8) is 0 Å². The molecule has 2 rings (SSSR count). The summed E-state index contributed by atoms with van der Waals surface area (Å²) in [4.78, 5) is 11.9. The van der Waals surface area contributed by atoms with Crippen LogP contribution in [0.3, 0.4) is 0 Å². The molecule has 0 amide bonds. The second-order valence-corrected chi connectivity index (χ2v) is 5.41. The predicted molar refractivity (Wildman–Crippen MR) is 79.2 cm³/mol. The van der Waals surface area contributed by atoms with Crippen molar-refractivity contribution < 1.29 is 14.3 Å². The maximum Gasteiger partial charge on any atom is 0.339 e. The molecule has 1 fully saturated rings. The van der Waals surface area contributed by atoms with Crippen molar-refractivity contribution in [2.24, 2.45) is 0 Å². The fraction of sp³-hybridized carbons (Fsp3) is 0.562. The highest BCUT2D eigenvalue weighted by Gasteiger charge is 2.23. The molecule has 0 aromatic heterocycles. The van der Waals surface area contributed by atoms with E-state index in [4.69, 9.17) is 9.47 Å². The average Bonchev–Trinajstić information content (AvgIpc) is 2.48. The monoisotopic (exact) mass is 277 g/mol. The lowest BCUT2D eigenvalue weighted by atomic mass is 9.92. The number of nitrogens with one attached hydrogen (secondary N) is 1. The minimum atomic E-state index is -0.296. The van der Waals surface area contributed by atoms with Crippen LogP contribution in [0.1, 0.15) is 41.6 Å². The van der Waals surface area contributed by atoms with E-state index in [1.807, 2.05) is 25.1 Å². The van der Waals surface area contributed by atoms with Crippen molar-refractivity contribution in [3.05, 3.63) is 29.3 Å². The second-order valence-electron chi connectivity index (χ2n) is 5.41. The summed E-state index contributed by atoms with van der Waals surface area (Å²) in [6.07, 6.45) is 4.66. The summed E-state index contributed by atoms with van der Waals surface area (Å²) in [6.45, 7) is 1.97. The molecule has 0 bridgehead atoms. The summed E-state index contributed by atoms with van der Waals surface area (Å²) in [5, 5.41) is 3.48. The van der Waals surface area contributed by atoms with Crippen molar-refractivity contribution in [1.29, 1.82) is 0 Å². The Morgan fingerprint density at radius 2 is 2.10 bits per heavy atom. The van der Waals surface area contributed by atoms with E-state index in [0.29, 0.717) is 17.7 Å². The molecule has 4 nitrogen and oxygen atoms in total. The minimum absolute atomic E-state index is 0.296. The third-order valence-electron chi connectivity index (χ3n) is 3.90. The van der Waals surface area contributed by atoms with Crippen LogP contribution >= 0.6 is 0 Å². The fourth-order valence-corrected chi connectivity index (χ4v) is 2.77. The molecule has 0 saturated heterocycles. The molecule has 2 unspecified atom stereocenters. The summed E-state index contributed by atoms with van der Waals surface area (Å²) in [5.41, 5.74) is 2.51. The average molecular weight is 277 g/mol. The maximum atomic E-state index is 11.9. The van der Waals surface area contributed by atoms with Gasteiger partial charge in [0.2, 0.25) is 0 Å².